The van der Waals surface area contributed by atoms with Gasteiger partial charge in [-0.05, 0) is 6.42 Å². The van der Waals surface area contributed by atoms with Crippen molar-refractivity contribution in [3.63, 3.8) is 0 Å². The minimum absolute atomic E-state index is 0.369. The molecule has 0 atom stereocenters. The fourth-order valence-corrected chi connectivity index (χ4v) is 3.87. The minimum Gasteiger partial charge on any atom is -0.359 e. The molecule has 6 nitrogen and oxygen atoms in total. The van der Waals surface area contributed by atoms with Gasteiger partial charge < -0.3 is 19.3 Å². The second-order valence-corrected chi connectivity index (χ2v) is 7.64. The Labute approximate surface area is 167 Å². The Morgan fingerprint density at radius 1 is 1.07 bits per heavy atom. The van der Waals surface area contributed by atoms with Crippen molar-refractivity contribution < 1.29 is 9.47 Å². The molecule has 1 spiro atoms. The van der Waals surface area contributed by atoms with Crippen LogP contribution in [0, 0.1) is 0 Å². The maximum absolute atomic E-state index is 5.88. The first-order valence-electron chi connectivity index (χ1n) is 10.4. The van der Waals surface area contributed by atoms with E-state index in [1.807, 2.05) is 18.2 Å². The van der Waals surface area contributed by atoms with Gasteiger partial charge in [-0.3, -0.25) is 0 Å². The molecule has 0 unspecified atom stereocenters. The summed E-state index contributed by atoms with van der Waals surface area (Å²) in [5.74, 6) is 2.38. The van der Waals surface area contributed by atoms with Crippen LogP contribution < -0.4 is 9.80 Å². The molecule has 3 heterocycles. The van der Waals surface area contributed by atoms with E-state index in [2.05, 4.69) is 42.0 Å². The van der Waals surface area contributed by atoms with E-state index in [-0.39, 0.29) is 5.79 Å². The normalized spacial score (nSPS) is 18.6. The van der Waals surface area contributed by atoms with Gasteiger partial charge in [-0.25, -0.2) is 9.97 Å². The van der Waals surface area contributed by atoms with Crippen molar-refractivity contribution in [3.8, 4) is 11.4 Å². The number of piperidine rings is 1. The van der Waals surface area contributed by atoms with Crippen LogP contribution in [0.4, 0.5) is 11.6 Å². The Morgan fingerprint density at radius 3 is 2.46 bits per heavy atom. The third kappa shape index (κ3) is 4.13. The summed E-state index contributed by atoms with van der Waals surface area (Å²) in [6.07, 6.45) is 4.07. The molecule has 0 saturated carbocycles. The quantitative estimate of drug-likeness (QED) is 0.759. The van der Waals surface area contributed by atoms with Gasteiger partial charge in [-0.1, -0.05) is 43.7 Å². The summed E-state index contributed by atoms with van der Waals surface area (Å²) >= 11 is 0. The van der Waals surface area contributed by atoms with E-state index in [9.17, 15) is 0 Å². The predicted octanol–water partition coefficient (Wildman–Crippen LogP) is 3.72. The van der Waals surface area contributed by atoms with Crippen molar-refractivity contribution in [2.24, 2.45) is 0 Å². The lowest BCUT2D eigenvalue weighted by molar-refractivity contribution is -0.169. The highest BCUT2D eigenvalue weighted by Gasteiger charge is 2.40. The predicted molar refractivity (Wildman–Crippen MR) is 112 cm³/mol. The Morgan fingerprint density at radius 2 is 1.79 bits per heavy atom. The van der Waals surface area contributed by atoms with Gasteiger partial charge in [0.1, 0.15) is 11.6 Å². The second kappa shape index (κ2) is 8.45. The van der Waals surface area contributed by atoms with Crippen molar-refractivity contribution in [3.05, 3.63) is 36.4 Å². The van der Waals surface area contributed by atoms with Gasteiger partial charge in [0.25, 0.3) is 0 Å². The van der Waals surface area contributed by atoms with Crippen LogP contribution in [-0.2, 0) is 9.47 Å². The van der Waals surface area contributed by atoms with Crippen LogP contribution in [0.3, 0.4) is 0 Å². The summed E-state index contributed by atoms with van der Waals surface area (Å²) in [7, 11) is 2.11. The lowest BCUT2D eigenvalue weighted by atomic mass is 10.0. The van der Waals surface area contributed by atoms with Crippen LogP contribution >= 0.6 is 0 Å². The lowest BCUT2D eigenvalue weighted by Gasteiger charge is -2.38. The van der Waals surface area contributed by atoms with E-state index in [1.54, 1.807) is 0 Å². The summed E-state index contributed by atoms with van der Waals surface area (Å²) in [6, 6.07) is 12.3. The summed E-state index contributed by atoms with van der Waals surface area (Å²) in [5.41, 5.74) is 1.05. The van der Waals surface area contributed by atoms with Gasteiger partial charge in [0.2, 0.25) is 0 Å². The van der Waals surface area contributed by atoms with Crippen LogP contribution in [0.25, 0.3) is 11.4 Å². The Bertz CT molecular complexity index is 767. The van der Waals surface area contributed by atoms with E-state index in [0.29, 0.717) is 13.2 Å². The summed E-state index contributed by atoms with van der Waals surface area (Å²) in [6.45, 7) is 6.38. The average Bonchev–Trinajstić information content (AvgIpc) is 3.20. The zero-order valence-electron chi connectivity index (χ0n) is 16.9. The number of unbranched alkanes of at least 4 members (excludes halogenated alkanes) is 1. The highest BCUT2D eigenvalue weighted by atomic mass is 16.7. The first kappa shape index (κ1) is 19.2. The van der Waals surface area contributed by atoms with Gasteiger partial charge in [0.15, 0.2) is 11.6 Å². The monoisotopic (exact) mass is 382 g/mol. The first-order valence-corrected chi connectivity index (χ1v) is 10.4. The molecule has 0 radical (unpaired) electrons. The molecule has 2 saturated heterocycles. The molecule has 2 aliphatic heterocycles. The topological polar surface area (TPSA) is 50.7 Å². The van der Waals surface area contributed by atoms with Gasteiger partial charge in [0, 0.05) is 51.2 Å². The van der Waals surface area contributed by atoms with Crippen LogP contribution in [0.15, 0.2) is 36.4 Å². The largest absolute Gasteiger partial charge is 0.359 e. The smallest absolute Gasteiger partial charge is 0.171 e. The highest BCUT2D eigenvalue weighted by Crippen LogP contribution is 2.34. The van der Waals surface area contributed by atoms with Gasteiger partial charge >= 0.3 is 0 Å². The number of nitrogens with zero attached hydrogens (tertiary/aromatic N) is 4. The fourth-order valence-electron chi connectivity index (χ4n) is 3.87. The van der Waals surface area contributed by atoms with Gasteiger partial charge in [-0.2, -0.15) is 0 Å². The molecule has 6 heteroatoms. The number of hydrogen-bond donors (Lipinski definition) is 0. The van der Waals surface area contributed by atoms with E-state index < -0.39 is 0 Å². The molecular formula is C22H30N4O2. The molecule has 150 valence electrons. The molecule has 2 aromatic rings. The van der Waals surface area contributed by atoms with Gasteiger partial charge in [-0.15, -0.1) is 0 Å². The third-order valence-electron chi connectivity index (χ3n) is 5.63. The zero-order chi connectivity index (χ0) is 19.4. The zero-order valence-corrected chi connectivity index (χ0v) is 16.9. The second-order valence-electron chi connectivity index (χ2n) is 7.64. The van der Waals surface area contributed by atoms with Crippen molar-refractivity contribution >= 4 is 11.6 Å². The third-order valence-corrected chi connectivity index (χ3v) is 5.63. The standard InChI is InChI=1S/C22H30N4O2/c1-3-4-12-25(2)19-17-20(24-21(23-19)18-8-6-5-7-9-18)26-13-10-22(11-14-26)27-15-16-28-22/h5-9,17H,3-4,10-16H2,1-2H3. The molecule has 1 aromatic heterocycles. The fraction of sp³-hybridized carbons (Fsp3) is 0.545. The SMILES string of the molecule is CCCCN(C)c1cc(N2CCC3(CC2)OCCO3)nc(-c2ccccc2)n1. The number of ether oxygens (including phenoxy) is 2. The Kier molecular flexibility index (Phi) is 5.78. The van der Waals surface area contributed by atoms with E-state index in [4.69, 9.17) is 19.4 Å². The van der Waals surface area contributed by atoms with Crippen molar-refractivity contribution in [2.45, 2.75) is 38.4 Å². The maximum atomic E-state index is 5.88. The number of hydrogen-bond acceptors (Lipinski definition) is 6. The Balaban J connectivity index is 1.60. The number of benzene rings is 1. The molecule has 0 amide bonds. The Hall–Kier alpha value is -2.18. The van der Waals surface area contributed by atoms with Crippen LogP contribution in [0.5, 0.6) is 0 Å². The number of rotatable bonds is 6. The van der Waals surface area contributed by atoms with E-state index in [1.165, 1.54) is 6.42 Å². The molecule has 2 fully saturated rings. The van der Waals surface area contributed by atoms with Gasteiger partial charge in [0.05, 0.1) is 13.2 Å². The first-order chi connectivity index (χ1) is 13.7. The molecule has 4 rings (SSSR count). The molecule has 1 aromatic carbocycles. The molecule has 2 aliphatic rings. The molecular weight excluding hydrogens is 352 g/mol. The van der Waals surface area contributed by atoms with E-state index >= 15 is 0 Å². The van der Waals surface area contributed by atoms with Crippen LogP contribution in [-0.4, -0.2) is 55.7 Å². The van der Waals surface area contributed by atoms with Crippen LogP contribution in [0.1, 0.15) is 32.6 Å². The average molecular weight is 383 g/mol. The minimum atomic E-state index is -0.369. The van der Waals surface area contributed by atoms with Crippen LogP contribution in [0.2, 0.25) is 0 Å². The molecule has 28 heavy (non-hydrogen) atoms. The van der Waals surface area contributed by atoms with E-state index in [0.717, 1.165) is 61.9 Å². The molecule has 0 N–H and O–H groups in total. The summed E-state index contributed by atoms with van der Waals surface area (Å²) < 4.78 is 11.8. The molecule has 0 aliphatic carbocycles. The summed E-state index contributed by atoms with van der Waals surface area (Å²) in [5, 5.41) is 0. The van der Waals surface area contributed by atoms with Crippen molar-refractivity contribution in [1.29, 1.82) is 0 Å². The number of aromatic nitrogens is 2. The highest BCUT2D eigenvalue weighted by molar-refractivity contribution is 5.62. The lowest BCUT2D eigenvalue weighted by Crippen LogP contribution is -2.45. The molecule has 0 bridgehead atoms. The maximum Gasteiger partial charge on any atom is 0.171 e. The number of anilines is 2. The van der Waals surface area contributed by atoms with Crippen molar-refractivity contribution in [1.82, 2.24) is 9.97 Å². The van der Waals surface area contributed by atoms with Crippen molar-refractivity contribution in [2.75, 3.05) is 49.7 Å². The summed E-state index contributed by atoms with van der Waals surface area (Å²) in [4.78, 5) is 14.3.